The Hall–Kier alpha value is -1.61. The Morgan fingerprint density at radius 3 is 2.68 bits per heavy atom. The zero-order chi connectivity index (χ0) is 13.1. The minimum atomic E-state index is 0.973. The molecule has 0 saturated carbocycles. The Balaban J connectivity index is 2.00. The van der Waals surface area contributed by atoms with E-state index in [2.05, 4.69) is 52.3 Å². The number of nitrogens with zero attached hydrogens (tertiary/aromatic N) is 3. The summed E-state index contributed by atoms with van der Waals surface area (Å²) < 4.78 is 0. The summed E-state index contributed by atoms with van der Waals surface area (Å²) in [6.45, 7) is 5.48. The molecule has 0 radical (unpaired) electrons. The Morgan fingerprint density at radius 2 is 1.89 bits per heavy atom. The van der Waals surface area contributed by atoms with Gasteiger partial charge in [0.2, 0.25) is 0 Å². The van der Waals surface area contributed by atoms with E-state index in [1.165, 1.54) is 30.0 Å². The molecule has 1 saturated heterocycles. The first-order valence-corrected chi connectivity index (χ1v) is 7.26. The summed E-state index contributed by atoms with van der Waals surface area (Å²) in [5.74, 6) is 1.10. The van der Waals surface area contributed by atoms with Gasteiger partial charge >= 0.3 is 0 Å². The fourth-order valence-electron chi connectivity index (χ4n) is 2.91. The number of pyridine rings is 1. The fraction of sp³-hybridized carbons (Fsp3) is 0.438. The van der Waals surface area contributed by atoms with Crippen LogP contribution in [0.3, 0.4) is 0 Å². The lowest BCUT2D eigenvalue weighted by atomic mass is 10.1. The van der Waals surface area contributed by atoms with E-state index in [0.29, 0.717) is 0 Å². The van der Waals surface area contributed by atoms with Crippen molar-refractivity contribution in [2.75, 3.05) is 24.6 Å². The zero-order valence-electron chi connectivity index (χ0n) is 11.5. The van der Waals surface area contributed by atoms with Crippen molar-refractivity contribution >= 4 is 16.6 Å². The number of hydrogen-bond acceptors (Lipinski definition) is 3. The van der Waals surface area contributed by atoms with Crippen molar-refractivity contribution in [1.29, 1.82) is 0 Å². The highest BCUT2D eigenvalue weighted by atomic mass is 15.6. The molecular formula is C16H21N3. The van der Waals surface area contributed by atoms with E-state index in [1.807, 2.05) is 6.20 Å². The SMILES string of the molecule is CCN(c1nccc2ccccc12)N1CCCCC1. The number of anilines is 1. The van der Waals surface area contributed by atoms with Crippen LogP contribution in [0.1, 0.15) is 26.2 Å². The van der Waals surface area contributed by atoms with Gasteiger partial charge in [-0.25, -0.2) is 9.99 Å². The van der Waals surface area contributed by atoms with Crippen LogP contribution in [0.2, 0.25) is 0 Å². The van der Waals surface area contributed by atoms with Crippen LogP contribution in [0.4, 0.5) is 5.82 Å². The molecule has 1 fully saturated rings. The van der Waals surface area contributed by atoms with Gasteiger partial charge in [0.1, 0.15) is 0 Å². The molecule has 0 spiro atoms. The van der Waals surface area contributed by atoms with Crippen molar-refractivity contribution < 1.29 is 0 Å². The summed E-state index contributed by atoms with van der Waals surface area (Å²) in [6, 6.07) is 10.6. The van der Waals surface area contributed by atoms with Gasteiger partial charge in [0.15, 0.2) is 5.82 Å². The number of piperidine rings is 1. The quantitative estimate of drug-likeness (QED) is 0.837. The van der Waals surface area contributed by atoms with Gasteiger partial charge in [0, 0.05) is 31.2 Å². The van der Waals surface area contributed by atoms with Crippen molar-refractivity contribution in [3.8, 4) is 0 Å². The minimum absolute atomic E-state index is 0.973. The number of hydrazine groups is 1. The molecule has 19 heavy (non-hydrogen) atoms. The van der Waals surface area contributed by atoms with Gasteiger partial charge in [-0.05, 0) is 31.2 Å². The van der Waals surface area contributed by atoms with E-state index >= 15 is 0 Å². The van der Waals surface area contributed by atoms with Crippen LogP contribution in [0.5, 0.6) is 0 Å². The normalized spacial score (nSPS) is 16.7. The zero-order valence-corrected chi connectivity index (χ0v) is 11.5. The summed E-state index contributed by atoms with van der Waals surface area (Å²) in [5.41, 5.74) is 0. The topological polar surface area (TPSA) is 19.4 Å². The smallest absolute Gasteiger partial charge is 0.150 e. The number of hydrogen-bond donors (Lipinski definition) is 0. The molecule has 3 nitrogen and oxygen atoms in total. The first-order chi connectivity index (χ1) is 9.40. The van der Waals surface area contributed by atoms with Gasteiger partial charge < -0.3 is 0 Å². The molecule has 1 aromatic carbocycles. The summed E-state index contributed by atoms with van der Waals surface area (Å²) in [5, 5.41) is 7.32. The Bertz CT molecular complexity index is 541. The predicted octanol–water partition coefficient (Wildman–Crippen LogP) is 3.46. The predicted molar refractivity (Wildman–Crippen MR) is 80.2 cm³/mol. The molecule has 3 rings (SSSR count). The van der Waals surface area contributed by atoms with E-state index in [1.54, 1.807) is 0 Å². The lowest BCUT2D eigenvalue weighted by molar-refractivity contribution is 0.209. The number of fused-ring (bicyclic) bond motifs is 1. The molecule has 3 heteroatoms. The van der Waals surface area contributed by atoms with Crippen LogP contribution in [0.25, 0.3) is 10.8 Å². The van der Waals surface area contributed by atoms with Gasteiger partial charge in [-0.3, -0.25) is 5.01 Å². The average molecular weight is 255 g/mol. The maximum absolute atomic E-state index is 4.64. The lowest BCUT2D eigenvalue weighted by Gasteiger charge is -2.38. The van der Waals surface area contributed by atoms with Crippen molar-refractivity contribution in [3.63, 3.8) is 0 Å². The van der Waals surface area contributed by atoms with Gasteiger partial charge in [-0.15, -0.1) is 0 Å². The van der Waals surface area contributed by atoms with E-state index in [0.717, 1.165) is 25.5 Å². The van der Waals surface area contributed by atoms with Gasteiger partial charge in [-0.2, -0.15) is 0 Å². The standard InChI is InChI=1S/C16H21N3/c1-2-19(18-12-6-3-7-13-18)16-15-9-5-4-8-14(15)10-11-17-16/h4-5,8-11H,2-3,6-7,12-13H2,1H3. The maximum Gasteiger partial charge on any atom is 0.150 e. The molecule has 100 valence electrons. The molecular weight excluding hydrogens is 234 g/mol. The van der Waals surface area contributed by atoms with E-state index in [-0.39, 0.29) is 0 Å². The van der Waals surface area contributed by atoms with Crippen LogP contribution in [-0.2, 0) is 0 Å². The van der Waals surface area contributed by atoms with Crippen molar-refractivity contribution in [1.82, 2.24) is 9.99 Å². The molecule has 0 amide bonds. The first-order valence-electron chi connectivity index (χ1n) is 7.26. The van der Waals surface area contributed by atoms with Crippen molar-refractivity contribution in [3.05, 3.63) is 36.5 Å². The average Bonchev–Trinajstić information content (AvgIpc) is 2.49. The first kappa shape index (κ1) is 12.4. The largest absolute Gasteiger partial charge is 0.289 e. The second-order valence-corrected chi connectivity index (χ2v) is 5.09. The van der Waals surface area contributed by atoms with Crippen LogP contribution in [0.15, 0.2) is 36.5 Å². The molecule has 0 N–H and O–H groups in total. The molecule has 0 aliphatic carbocycles. The summed E-state index contributed by atoms with van der Waals surface area (Å²) in [4.78, 5) is 4.64. The molecule has 0 unspecified atom stereocenters. The summed E-state index contributed by atoms with van der Waals surface area (Å²) in [7, 11) is 0. The van der Waals surface area contributed by atoms with E-state index < -0.39 is 0 Å². The third-order valence-corrected chi connectivity index (χ3v) is 3.87. The monoisotopic (exact) mass is 255 g/mol. The molecule has 0 bridgehead atoms. The summed E-state index contributed by atoms with van der Waals surface area (Å²) >= 11 is 0. The van der Waals surface area contributed by atoms with Gasteiger partial charge in [0.05, 0.1) is 0 Å². The van der Waals surface area contributed by atoms with Crippen LogP contribution in [-0.4, -0.2) is 29.6 Å². The number of benzene rings is 1. The molecule has 1 aromatic heterocycles. The number of aromatic nitrogens is 1. The fourth-order valence-corrected chi connectivity index (χ4v) is 2.91. The number of rotatable bonds is 3. The lowest BCUT2D eigenvalue weighted by Crippen LogP contribution is -2.46. The van der Waals surface area contributed by atoms with Crippen molar-refractivity contribution in [2.24, 2.45) is 0 Å². The second-order valence-electron chi connectivity index (χ2n) is 5.09. The van der Waals surface area contributed by atoms with Gasteiger partial charge in [-0.1, -0.05) is 30.7 Å². The third kappa shape index (κ3) is 2.43. The Kier molecular flexibility index (Phi) is 3.65. The molecule has 2 heterocycles. The molecule has 1 aliphatic heterocycles. The van der Waals surface area contributed by atoms with Crippen LogP contribution >= 0.6 is 0 Å². The highest BCUT2D eigenvalue weighted by Crippen LogP contribution is 2.26. The second kappa shape index (κ2) is 5.57. The van der Waals surface area contributed by atoms with Crippen LogP contribution in [0, 0.1) is 0 Å². The highest BCUT2D eigenvalue weighted by molar-refractivity contribution is 5.91. The third-order valence-electron chi connectivity index (χ3n) is 3.87. The van der Waals surface area contributed by atoms with E-state index in [4.69, 9.17) is 0 Å². The molecule has 0 atom stereocenters. The summed E-state index contributed by atoms with van der Waals surface area (Å²) in [6.07, 6.45) is 5.86. The Morgan fingerprint density at radius 1 is 1.11 bits per heavy atom. The molecule has 2 aromatic rings. The molecule has 1 aliphatic rings. The Labute approximate surface area is 114 Å². The van der Waals surface area contributed by atoms with E-state index in [9.17, 15) is 0 Å². The minimum Gasteiger partial charge on any atom is -0.289 e. The maximum atomic E-state index is 4.64. The van der Waals surface area contributed by atoms with Crippen molar-refractivity contribution in [2.45, 2.75) is 26.2 Å². The van der Waals surface area contributed by atoms with Crippen LogP contribution < -0.4 is 5.01 Å². The van der Waals surface area contributed by atoms with Gasteiger partial charge in [0.25, 0.3) is 0 Å². The highest BCUT2D eigenvalue weighted by Gasteiger charge is 2.19.